The van der Waals surface area contributed by atoms with Crippen molar-refractivity contribution < 1.29 is 9.21 Å². The van der Waals surface area contributed by atoms with Crippen LogP contribution in [0.5, 0.6) is 0 Å². The monoisotopic (exact) mass is 227 g/mol. The van der Waals surface area contributed by atoms with Gasteiger partial charge in [-0.2, -0.15) is 0 Å². The van der Waals surface area contributed by atoms with E-state index >= 15 is 0 Å². The Hall–Kier alpha value is -0.960. The zero-order chi connectivity index (χ0) is 10.7. The van der Waals surface area contributed by atoms with Crippen LogP contribution in [0.3, 0.4) is 0 Å². The molecule has 0 radical (unpaired) electrons. The van der Waals surface area contributed by atoms with Gasteiger partial charge < -0.3 is 9.32 Å². The fourth-order valence-corrected chi connectivity index (χ4v) is 2.30. The van der Waals surface area contributed by atoms with Crippen molar-refractivity contribution in [3.8, 4) is 0 Å². The Balaban J connectivity index is 2.11. The number of carbonyl (C=O) groups is 1. The van der Waals surface area contributed by atoms with E-state index in [9.17, 15) is 4.79 Å². The second-order valence-corrected chi connectivity index (χ2v) is 4.12. The second-order valence-electron chi connectivity index (χ2n) is 3.81. The summed E-state index contributed by atoms with van der Waals surface area (Å²) in [6.45, 7) is 0.807. The van der Waals surface area contributed by atoms with Crippen molar-refractivity contribution in [2.45, 2.75) is 25.3 Å². The van der Waals surface area contributed by atoms with E-state index in [2.05, 4.69) is 0 Å². The minimum absolute atomic E-state index is 0.0362. The average Bonchev–Trinajstić information content (AvgIpc) is 2.81. The van der Waals surface area contributed by atoms with E-state index in [0.717, 1.165) is 25.8 Å². The van der Waals surface area contributed by atoms with Crippen LogP contribution in [0.25, 0.3) is 0 Å². The van der Waals surface area contributed by atoms with Gasteiger partial charge >= 0.3 is 0 Å². The predicted molar refractivity (Wildman–Crippen MR) is 58.1 cm³/mol. The third kappa shape index (κ3) is 2.17. The Morgan fingerprint density at radius 2 is 2.47 bits per heavy atom. The SMILES string of the molecule is O=C(c1ccoc1)N1CCCCC1CCl. The maximum atomic E-state index is 12.0. The molecule has 1 aliphatic rings. The molecular formula is C11H14ClNO2. The number of likely N-dealkylation sites (tertiary alicyclic amines) is 1. The van der Waals surface area contributed by atoms with Crippen molar-refractivity contribution in [3.63, 3.8) is 0 Å². The number of hydrogen-bond acceptors (Lipinski definition) is 2. The summed E-state index contributed by atoms with van der Waals surface area (Å²) in [5.74, 6) is 0.554. The summed E-state index contributed by atoms with van der Waals surface area (Å²) in [4.78, 5) is 13.9. The predicted octanol–water partition coefficient (Wildman–Crippen LogP) is 2.51. The standard InChI is InChI=1S/C11H14ClNO2/c12-7-10-3-1-2-5-13(10)11(14)9-4-6-15-8-9/h4,6,8,10H,1-3,5,7H2. The van der Waals surface area contributed by atoms with Gasteiger partial charge in [0.1, 0.15) is 6.26 Å². The summed E-state index contributed by atoms with van der Waals surface area (Å²) in [5.41, 5.74) is 0.618. The topological polar surface area (TPSA) is 33.5 Å². The Kier molecular flexibility index (Phi) is 3.31. The molecule has 3 nitrogen and oxygen atoms in total. The molecule has 1 unspecified atom stereocenters. The number of nitrogens with zero attached hydrogens (tertiary/aromatic N) is 1. The van der Waals surface area contributed by atoms with Crippen molar-refractivity contribution in [2.24, 2.45) is 0 Å². The number of carbonyl (C=O) groups excluding carboxylic acids is 1. The van der Waals surface area contributed by atoms with E-state index in [1.165, 1.54) is 12.5 Å². The number of halogens is 1. The van der Waals surface area contributed by atoms with Gasteiger partial charge in [-0.15, -0.1) is 11.6 Å². The van der Waals surface area contributed by atoms with Crippen molar-refractivity contribution in [2.75, 3.05) is 12.4 Å². The van der Waals surface area contributed by atoms with E-state index in [4.69, 9.17) is 16.0 Å². The van der Waals surface area contributed by atoms with Gasteiger partial charge in [-0.05, 0) is 25.3 Å². The molecule has 0 aromatic carbocycles. The van der Waals surface area contributed by atoms with Gasteiger partial charge in [-0.25, -0.2) is 0 Å². The first-order chi connectivity index (χ1) is 7.33. The lowest BCUT2D eigenvalue weighted by molar-refractivity contribution is 0.0638. The number of amides is 1. The molecular weight excluding hydrogens is 214 g/mol. The summed E-state index contributed by atoms with van der Waals surface area (Å²) in [6.07, 6.45) is 6.24. The van der Waals surface area contributed by atoms with Crippen LogP contribution >= 0.6 is 11.6 Å². The molecule has 1 fully saturated rings. The van der Waals surface area contributed by atoms with Crippen LogP contribution in [0, 0.1) is 0 Å². The molecule has 4 heteroatoms. The van der Waals surface area contributed by atoms with Crippen LogP contribution in [0.2, 0.25) is 0 Å². The minimum atomic E-state index is 0.0362. The molecule has 1 aromatic rings. The first-order valence-corrected chi connectivity index (χ1v) is 5.75. The molecule has 1 atom stereocenters. The lowest BCUT2D eigenvalue weighted by atomic mass is 10.0. The van der Waals surface area contributed by atoms with Crippen molar-refractivity contribution in [1.82, 2.24) is 4.90 Å². The fourth-order valence-electron chi connectivity index (χ4n) is 1.98. The highest BCUT2D eigenvalue weighted by atomic mass is 35.5. The minimum Gasteiger partial charge on any atom is -0.472 e. The van der Waals surface area contributed by atoms with Gasteiger partial charge in [-0.1, -0.05) is 0 Å². The number of furan rings is 1. The molecule has 1 aliphatic heterocycles. The first kappa shape index (κ1) is 10.6. The van der Waals surface area contributed by atoms with Crippen molar-refractivity contribution in [1.29, 1.82) is 0 Å². The summed E-state index contributed by atoms with van der Waals surface area (Å²) >= 11 is 5.86. The Morgan fingerprint density at radius 1 is 1.60 bits per heavy atom. The smallest absolute Gasteiger partial charge is 0.257 e. The molecule has 82 valence electrons. The zero-order valence-corrected chi connectivity index (χ0v) is 9.24. The van der Waals surface area contributed by atoms with Crippen LogP contribution < -0.4 is 0 Å². The highest BCUT2D eigenvalue weighted by Gasteiger charge is 2.27. The van der Waals surface area contributed by atoms with Gasteiger partial charge in [0.05, 0.1) is 11.8 Å². The average molecular weight is 228 g/mol. The van der Waals surface area contributed by atoms with Crippen LogP contribution in [0.1, 0.15) is 29.6 Å². The molecule has 0 bridgehead atoms. The molecule has 1 amide bonds. The van der Waals surface area contributed by atoms with Gasteiger partial charge in [0, 0.05) is 18.5 Å². The van der Waals surface area contributed by atoms with Gasteiger partial charge in [-0.3, -0.25) is 4.79 Å². The summed E-state index contributed by atoms with van der Waals surface area (Å²) in [7, 11) is 0. The van der Waals surface area contributed by atoms with Crippen LogP contribution in [0.4, 0.5) is 0 Å². The van der Waals surface area contributed by atoms with Crippen LogP contribution in [-0.4, -0.2) is 29.3 Å². The molecule has 1 aromatic heterocycles. The number of hydrogen-bond donors (Lipinski definition) is 0. The van der Waals surface area contributed by atoms with E-state index < -0.39 is 0 Å². The maximum Gasteiger partial charge on any atom is 0.257 e. The van der Waals surface area contributed by atoms with Crippen LogP contribution in [0.15, 0.2) is 23.0 Å². The Bertz CT molecular complexity index is 323. The van der Waals surface area contributed by atoms with Gasteiger partial charge in [0.15, 0.2) is 0 Å². The molecule has 2 heterocycles. The largest absolute Gasteiger partial charge is 0.472 e. The molecule has 0 N–H and O–H groups in total. The van der Waals surface area contributed by atoms with E-state index in [1.807, 2.05) is 4.90 Å². The van der Waals surface area contributed by atoms with E-state index in [1.54, 1.807) is 6.07 Å². The molecule has 1 saturated heterocycles. The summed E-state index contributed by atoms with van der Waals surface area (Å²) in [6, 6.07) is 1.88. The van der Waals surface area contributed by atoms with E-state index in [-0.39, 0.29) is 11.9 Å². The highest BCUT2D eigenvalue weighted by Crippen LogP contribution is 2.20. The van der Waals surface area contributed by atoms with Gasteiger partial charge in [0.25, 0.3) is 5.91 Å². The van der Waals surface area contributed by atoms with Crippen molar-refractivity contribution >= 4 is 17.5 Å². The molecule has 15 heavy (non-hydrogen) atoms. The van der Waals surface area contributed by atoms with Crippen LogP contribution in [-0.2, 0) is 0 Å². The molecule has 0 aliphatic carbocycles. The Labute approximate surface area is 94.0 Å². The van der Waals surface area contributed by atoms with E-state index in [0.29, 0.717) is 11.4 Å². The molecule has 2 rings (SSSR count). The number of alkyl halides is 1. The normalized spacial score (nSPS) is 21.7. The summed E-state index contributed by atoms with van der Waals surface area (Å²) < 4.78 is 4.91. The lowest BCUT2D eigenvalue weighted by Gasteiger charge is -2.34. The molecule has 0 saturated carbocycles. The quantitative estimate of drug-likeness (QED) is 0.728. The second kappa shape index (κ2) is 4.71. The fraction of sp³-hybridized carbons (Fsp3) is 0.545. The third-order valence-corrected chi connectivity index (χ3v) is 3.19. The lowest BCUT2D eigenvalue weighted by Crippen LogP contribution is -2.44. The van der Waals surface area contributed by atoms with Gasteiger partial charge in [0.2, 0.25) is 0 Å². The number of piperidine rings is 1. The third-order valence-electron chi connectivity index (χ3n) is 2.83. The number of rotatable bonds is 2. The zero-order valence-electron chi connectivity index (χ0n) is 8.49. The van der Waals surface area contributed by atoms with Crippen molar-refractivity contribution in [3.05, 3.63) is 24.2 Å². The maximum absolute atomic E-state index is 12.0. The highest BCUT2D eigenvalue weighted by molar-refractivity contribution is 6.18. The first-order valence-electron chi connectivity index (χ1n) is 5.22. The molecule has 0 spiro atoms. The summed E-state index contributed by atoms with van der Waals surface area (Å²) in [5, 5.41) is 0. The Morgan fingerprint density at radius 3 is 3.13 bits per heavy atom.